The quantitative estimate of drug-likeness (QED) is 0.891. The molecular formula is C17H28N2. The summed E-state index contributed by atoms with van der Waals surface area (Å²) in [5, 5.41) is 3.58. The molecule has 0 saturated carbocycles. The van der Waals surface area contributed by atoms with Crippen LogP contribution in [0, 0.1) is 19.3 Å². The first-order chi connectivity index (χ1) is 9.04. The van der Waals surface area contributed by atoms with Gasteiger partial charge >= 0.3 is 0 Å². The lowest BCUT2D eigenvalue weighted by Gasteiger charge is -2.40. The molecule has 1 aromatic rings. The third-order valence-electron chi connectivity index (χ3n) is 4.53. The molecule has 2 heteroatoms. The summed E-state index contributed by atoms with van der Waals surface area (Å²) in [4.78, 5) is 2.44. The smallest absolute Gasteiger partial charge is 0.0369 e. The molecular weight excluding hydrogens is 232 g/mol. The van der Waals surface area contributed by atoms with Crippen molar-refractivity contribution in [2.24, 2.45) is 5.41 Å². The van der Waals surface area contributed by atoms with E-state index in [-0.39, 0.29) is 0 Å². The number of nitrogens with zero attached hydrogens (tertiary/aromatic N) is 1. The fourth-order valence-corrected chi connectivity index (χ4v) is 3.34. The summed E-state index contributed by atoms with van der Waals surface area (Å²) >= 11 is 0. The minimum absolute atomic E-state index is 0.449. The molecule has 1 atom stereocenters. The maximum atomic E-state index is 3.58. The number of benzene rings is 1. The van der Waals surface area contributed by atoms with Crippen LogP contribution in [0.1, 0.15) is 37.3 Å². The van der Waals surface area contributed by atoms with Crippen LogP contribution in [-0.4, -0.2) is 26.7 Å². The normalized spacial score (nSPS) is 23.4. The van der Waals surface area contributed by atoms with E-state index in [0.717, 1.165) is 6.54 Å². The van der Waals surface area contributed by atoms with Gasteiger partial charge < -0.3 is 10.2 Å². The molecule has 1 aromatic carbocycles. The molecule has 0 bridgehead atoms. The van der Waals surface area contributed by atoms with Crippen molar-refractivity contribution in [2.75, 3.05) is 31.6 Å². The van der Waals surface area contributed by atoms with E-state index in [1.165, 1.54) is 49.2 Å². The number of anilines is 1. The number of nitrogens with one attached hydrogen (secondary N) is 1. The minimum Gasteiger partial charge on any atom is -0.374 e. The predicted octanol–water partition coefficient (Wildman–Crippen LogP) is 3.52. The Morgan fingerprint density at radius 3 is 2.42 bits per heavy atom. The zero-order chi connectivity index (χ0) is 13.9. The molecule has 106 valence electrons. The molecule has 19 heavy (non-hydrogen) atoms. The number of piperidine rings is 1. The summed E-state index contributed by atoms with van der Waals surface area (Å²) in [7, 11) is 2.24. The third-order valence-corrected chi connectivity index (χ3v) is 4.53. The van der Waals surface area contributed by atoms with Crippen LogP contribution in [0.2, 0.25) is 0 Å². The van der Waals surface area contributed by atoms with Gasteiger partial charge in [-0.05, 0) is 62.9 Å². The Bertz CT molecular complexity index is 399. The molecule has 1 heterocycles. The average Bonchev–Trinajstić information content (AvgIpc) is 2.38. The van der Waals surface area contributed by atoms with Crippen molar-refractivity contribution in [1.82, 2.24) is 5.32 Å². The van der Waals surface area contributed by atoms with Gasteiger partial charge in [-0.2, -0.15) is 0 Å². The molecule has 2 nitrogen and oxygen atoms in total. The van der Waals surface area contributed by atoms with Gasteiger partial charge in [0.1, 0.15) is 0 Å². The molecule has 1 N–H and O–H groups in total. The molecule has 1 fully saturated rings. The second kappa shape index (κ2) is 5.96. The molecule has 2 rings (SSSR count). The highest BCUT2D eigenvalue weighted by atomic mass is 15.1. The van der Waals surface area contributed by atoms with Crippen molar-refractivity contribution in [2.45, 2.75) is 40.0 Å². The molecule has 0 spiro atoms. The van der Waals surface area contributed by atoms with Crippen LogP contribution in [0.4, 0.5) is 5.69 Å². The van der Waals surface area contributed by atoms with E-state index in [1.54, 1.807) is 0 Å². The summed E-state index contributed by atoms with van der Waals surface area (Å²) in [6.07, 6.45) is 3.93. The summed E-state index contributed by atoms with van der Waals surface area (Å²) in [6.45, 7) is 10.2. The summed E-state index contributed by atoms with van der Waals surface area (Å²) in [5.74, 6) is 0. The Balaban J connectivity index is 2.12. The lowest BCUT2D eigenvalue weighted by molar-refractivity contribution is 0.207. The van der Waals surface area contributed by atoms with E-state index in [0.29, 0.717) is 5.41 Å². The first-order valence-corrected chi connectivity index (χ1v) is 7.55. The lowest BCUT2D eigenvalue weighted by Crippen LogP contribution is -2.46. The predicted molar refractivity (Wildman–Crippen MR) is 84.0 cm³/mol. The van der Waals surface area contributed by atoms with Crippen LogP contribution < -0.4 is 10.2 Å². The first-order valence-electron chi connectivity index (χ1n) is 7.55. The maximum Gasteiger partial charge on any atom is 0.0369 e. The summed E-state index contributed by atoms with van der Waals surface area (Å²) in [6, 6.07) is 6.84. The van der Waals surface area contributed by atoms with Gasteiger partial charge in [0, 0.05) is 31.2 Å². The highest BCUT2D eigenvalue weighted by Gasteiger charge is 2.31. The van der Waals surface area contributed by atoms with Gasteiger partial charge in [-0.3, -0.25) is 0 Å². The van der Waals surface area contributed by atoms with Gasteiger partial charge in [-0.1, -0.05) is 13.0 Å². The van der Waals surface area contributed by atoms with Crippen molar-refractivity contribution in [1.29, 1.82) is 0 Å². The van der Waals surface area contributed by atoms with Crippen LogP contribution in [0.3, 0.4) is 0 Å². The molecule has 1 unspecified atom stereocenters. The van der Waals surface area contributed by atoms with Gasteiger partial charge in [-0.15, -0.1) is 0 Å². The van der Waals surface area contributed by atoms with E-state index in [1.807, 2.05) is 0 Å². The SMILES string of the molecule is CCC1(CN(C)c2cc(C)cc(C)c2)CCCNC1. The molecule has 1 aliphatic heterocycles. The highest BCUT2D eigenvalue weighted by molar-refractivity contribution is 5.50. The van der Waals surface area contributed by atoms with Crippen LogP contribution in [-0.2, 0) is 0 Å². The Morgan fingerprint density at radius 2 is 1.89 bits per heavy atom. The first kappa shape index (κ1) is 14.4. The maximum absolute atomic E-state index is 3.58. The van der Waals surface area contributed by atoms with E-state index in [2.05, 4.69) is 56.2 Å². The van der Waals surface area contributed by atoms with Gasteiger partial charge in [-0.25, -0.2) is 0 Å². The van der Waals surface area contributed by atoms with Crippen LogP contribution in [0.25, 0.3) is 0 Å². The molecule has 0 aromatic heterocycles. The summed E-state index contributed by atoms with van der Waals surface area (Å²) in [5.41, 5.74) is 4.52. The highest BCUT2D eigenvalue weighted by Crippen LogP contribution is 2.32. The molecule has 0 radical (unpaired) electrons. The Labute approximate surface area is 118 Å². The third kappa shape index (κ3) is 3.50. The monoisotopic (exact) mass is 260 g/mol. The second-order valence-electron chi connectivity index (χ2n) is 6.34. The summed E-state index contributed by atoms with van der Waals surface area (Å²) < 4.78 is 0. The standard InChI is InChI=1S/C17H28N2/c1-5-17(7-6-8-18-12-17)13-19(4)16-10-14(2)9-15(3)11-16/h9-11,18H,5-8,12-13H2,1-4H3. The lowest BCUT2D eigenvalue weighted by atomic mass is 9.78. The topological polar surface area (TPSA) is 15.3 Å². The van der Waals surface area contributed by atoms with Crippen LogP contribution in [0.5, 0.6) is 0 Å². The van der Waals surface area contributed by atoms with E-state index < -0.39 is 0 Å². The molecule has 1 aliphatic rings. The van der Waals surface area contributed by atoms with Crippen molar-refractivity contribution in [3.8, 4) is 0 Å². The Hall–Kier alpha value is -1.02. The zero-order valence-electron chi connectivity index (χ0n) is 12.9. The molecule has 0 aliphatic carbocycles. The van der Waals surface area contributed by atoms with Crippen molar-refractivity contribution in [3.05, 3.63) is 29.3 Å². The van der Waals surface area contributed by atoms with Crippen LogP contribution >= 0.6 is 0 Å². The van der Waals surface area contributed by atoms with E-state index >= 15 is 0 Å². The van der Waals surface area contributed by atoms with Gasteiger partial charge in [0.15, 0.2) is 0 Å². The Morgan fingerprint density at radius 1 is 1.21 bits per heavy atom. The van der Waals surface area contributed by atoms with Crippen molar-refractivity contribution >= 4 is 5.69 Å². The fraction of sp³-hybridized carbons (Fsp3) is 0.647. The molecule has 0 amide bonds. The fourth-order valence-electron chi connectivity index (χ4n) is 3.34. The molecule has 1 saturated heterocycles. The van der Waals surface area contributed by atoms with Crippen molar-refractivity contribution in [3.63, 3.8) is 0 Å². The average molecular weight is 260 g/mol. The Kier molecular flexibility index (Phi) is 4.51. The number of rotatable bonds is 4. The number of aryl methyl sites for hydroxylation is 2. The minimum atomic E-state index is 0.449. The second-order valence-corrected chi connectivity index (χ2v) is 6.34. The van der Waals surface area contributed by atoms with E-state index in [4.69, 9.17) is 0 Å². The van der Waals surface area contributed by atoms with Gasteiger partial charge in [0.2, 0.25) is 0 Å². The van der Waals surface area contributed by atoms with Crippen LogP contribution in [0.15, 0.2) is 18.2 Å². The van der Waals surface area contributed by atoms with Gasteiger partial charge in [0.05, 0.1) is 0 Å². The number of hydrogen-bond donors (Lipinski definition) is 1. The van der Waals surface area contributed by atoms with E-state index in [9.17, 15) is 0 Å². The number of hydrogen-bond acceptors (Lipinski definition) is 2. The van der Waals surface area contributed by atoms with Crippen molar-refractivity contribution < 1.29 is 0 Å². The van der Waals surface area contributed by atoms with Gasteiger partial charge in [0.25, 0.3) is 0 Å². The zero-order valence-corrected chi connectivity index (χ0v) is 12.9. The largest absolute Gasteiger partial charge is 0.374 e.